The second kappa shape index (κ2) is 6.92. The molecule has 1 aliphatic rings. The lowest BCUT2D eigenvalue weighted by molar-refractivity contribution is -0.385. The number of rotatable bonds is 5. The lowest BCUT2D eigenvalue weighted by Gasteiger charge is -2.06. The van der Waals surface area contributed by atoms with Crippen molar-refractivity contribution in [1.82, 2.24) is 5.43 Å². The fraction of sp³-hybridized carbons (Fsp3) is 0.0500. The lowest BCUT2D eigenvalue weighted by atomic mass is 10.1. The molecule has 1 amide bonds. The van der Waals surface area contributed by atoms with Crippen LogP contribution in [-0.2, 0) is 4.79 Å². The van der Waals surface area contributed by atoms with E-state index in [-0.39, 0.29) is 22.9 Å². The maximum Gasteiger partial charge on any atom is 0.310 e. The molecule has 0 fully saturated rings. The molecule has 1 aliphatic carbocycles. The Kier molecular flexibility index (Phi) is 4.29. The number of nitrogens with one attached hydrogen (secondary N) is 1. The maximum atomic E-state index is 12.6. The highest BCUT2D eigenvalue weighted by Gasteiger charge is 2.28. The van der Waals surface area contributed by atoms with Gasteiger partial charge in [-0.05, 0) is 11.5 Å². The predicted molar refractivity (Wildman–Crippen MR) is 102 cm³/mol. The van der Waals surface area contributed by atoms with Crippen molar-refractivity contribution >= 4 is 33.9 Å². The highest BCUT2D eigenvalue weighted by Crippen LogP contribution is 2.30. The first kappa shape index (κ1) is 17.3. The summed E-state index contributed by atoms with van der Waals surface area (Å²) in [6.45, 7) is -0.479. The van der Waals surface area contributed by atoms with Crippen LogP contribution in [-0.4, -0.2) is 28.9 Å². The Morgan fingerprint density at radius 2 is 1.75 bits per heavy atom. The van der Waals surface area contributed by atoms with Gasteiger partial charge in [0.2, 0.25) is 5.78 Å². The Bertz CT molecular complexity index is 1160. The number of nitrogens with zero attached hydrogens (tertiary/aromatic N) is 2. The molecule has 3 aromatic carbocycles. The van der Waals surface area contributed by atoms with Crippen LogP contribution < -0.4 is 10.2 Å². The zero-order chi connectivity index (χ0) is 19.7. The third kappa shape index (κ3) is 2.96. The van der Waals surface area contributed by atoms with E-state index in [0.29, 0.717) is 11.1 Å². The van der Waals surface area contributed by atoms with Crippen LogP contribution in [0, 0.1) is 10.1 Å². The lowest BCUT2D eigenvalue weighted by Crippen LogP contribution is -2.27. The van der Waals surface area contributed by atoms with Crippen molar-refractivity contribution in [3.8, 4) is 5.75 Å². The number of hydrazone groups is 1. The third-order valence-corrected chi connectivity index (χ3v) is 4.33. The fourth-order valence-corrected chi connectivity index (χ4v) is 3.11. The summed E-state index contributed by atoms with van der Waals surface area (Å²) in [5, 5.41) is 16.7. The average Bonchev–Trinajstić information content (AvgIpc) is 2.98. The number of amides is 1. The molecule has 4 rings (SSSR count). The number of carbonyl (C=O) groups is 2. The van der Waals surface area contributed by atoms with Crippen LogP contribution in [0.4, 0.5) is 5.69 Å². The molecule has 0 spiro atoms. The van der Waals surface area contributed by atoms with E-state index >= 15 is 0 Å². The molecule has 8 nitrogen and oxygen atoms in total. The van der Waals surface area contributed by atoms with Crippen molar-refractivity contribution in [3.63, 3.8) is 0 Å². The topological polar surface area (TPSA) is 111 Å². The molecule has 8 heteroatoms. The van der Waals surface area contributed by atoms with Gasteiger partial charge >= 0.3 is 5.69 Å². The molecule has 0 aromatic heterocycles. The number of Topliss-reactive ketones (excluding diaryl/α,β-unsaturated/α-hetero) is 1. The van der Waals surface area contributed by atoms with Gasteiger partial charge in [-0.1, -0.05) is 48.5 Å². The van der Waals surface area contributed by atoms with Gasteiger partial charge in [-0.25, -0.2) is 5.43 Å². The third-order valence-electron chi connectivity index (χ3n) is 4.33. The van der Waals surface area contributed by atoms with E-state index in [9.17, 15) is 19.7 Å². The van der Waals surface area contributed by atoms with Gasteiger partial charge in [-0.2, -0.15) is 5.10 Å². The summed E-state index contributed by atoms with van der Waals surface area (Å²) in [6, 6.07) is 16.6. The Hall–Kier alpha value is -4.07. The molecule has 0 aliphatic heterocycles. The summed E-state index contributed by atoms with van der Waals surface area (Å²) in [7, 11) is 0. The minimum atomic E-state index is -0.637. The number of ketones is 1. The van der Waals surface area contributed by atoms with Crippen molar-refractivity contribution < 1.29 is 19.2 Å². The summed E-state index contributed by atoms with van der Waals surface area (Å²) < 4.78 is 5.21. The van der Waals surface area contributed by atoms with Crippen molar-refractivity contribution in [2.45, 2.75) is 0 Å². The monoisotopic (exact) mass is 375 g/mol. The number of para-hydroxylation sites is 2. The Balaban J connectivity index is 1.50. The number of hydrogen-bond donors (Lipinski definition) is 1. The molecule has 3 aromatic rings. The van der Waals surface area contributed by atoms with Crippen LogP contribution in [0.1, 0.15) is 15.9 Å². The van der Waals surface area contributed by atoms with Crippen molar-refractivity contribution in [2.75, 3.05) is 6.61 Å². The molecule has 0 atom stereocenters. The molecule has 0 heterocycles. The summed E-state index contributed by atoms with van der Waals surface area (Å²) >= 11 is 0. The van der Waals surface area contributed by atoms with E-state index in [1.807, 2.05) is 18.2 Å². The van der Waals surface area contributed by atoms with Gasteiger partial charge < -0.3 is 4.74 Å². The Morgan fingerprint density at radius 3 is 2.50 bits per heavy atom. The van der Waals surface area contributed by atoms with E-state index in [1.54, 1.807) is 24.3 Å². The molecule has 28 heavy (non-hydrogen) atoms. The van der Waals surface area contributed by atoms with Gasteiger partial charge in [0.15, 0.2) is 12.4 Å². The molecule has 0 bridgehead atoms. The predicted octanol–water partition coefficient (Wildman–Crippen LogP) is 2.84. The minimum Gasteiger partial charge on any atom is -0.477 e. The van der Waals surface area contributed by atoms with Crippen LogP contribution in [0.25, 0.3) is 10.8 Å². The molecule has 0 saturated heterocycles. The average molecular weight is 375 g/mol. The normalized spacial score (nSPS) is 13.7. The van der Waals surface area contributed by atoms with Crippen molar-refractivity contribution in [3.05, 3.63) is 81.9 Å². The van der Waals surface area contributed by atoms with Gasteiger partial charge in [0.25, 0.3) is 5.91 Å². The molecule has 0 unspecified atom stereocenters. The van der Waals surface area contributed by atoms with E-state index in [1.165, 1.54) is 18.2 Å². The smallest absolute Gasteiger partial charge is 0.310 e. The molecule has 138 valence electrons. The number of nitro groups is 1. The number of carbonyl (C=O) groups excluding carboxylic acids is 2. The zero-order valence-corrected chi connectivity index (χ0v) is 14.4. The molecule has 0 radical (unpaired) electrons. The first-order valence-corrected chi connectivity index (χ1v) is 8.36. The number of hydrogen-bond acceptors (Lipinski definition) is 6. The molecular weight excluding hydrogens is 362 g/mol. The van der Waals surface area contributed by atoms with Gasteiger partial charge in [0.1, 0.15) is 5.71 Å². The maximum absolute atomic E-state index is 12.6. The quantitative estimate of drug-likeness (QED) is 0.544. The van der Waals surface area contributed by atoms with Gasteiger partial charge in [-0.3, -0.25) is 19.7 Å². The van der Waals surface area contributed by atoms with E-state index in [2.05, 4.69) is 10.5 Å². The van der Waals surface area contributed by atoms with E-state index in [4.69, 9.17) is 4.74 Å². The summed E-state index contributed by atoms with van der Waals surface area (Å²) in [6.07, 6.45) is 0. The second-order valence-electron chi connectivity index (χ2n) is 6.05. The second-order valence-corrected chi connectivity index (χ2v) is 6.05. The number of benzene rings is 3. The van der Waals surface area contributed by atoms with Gasteiger partial charge in [0.05, 0.1) is 4.92 Å². The van der Waals surface area contributed by atoms with Crippen LogP contribution in [0.15, 0.2) is 65.8 Å². The summed E-state index contributed by atoms with van der Waals surface area (Å²) in [4.78, 5) is 35.0. The standard InChI is InChI=1S/C20H13N3O5/c24-17(11-28-16-10-2-1-9-15(16)23(26)27)21-22-19-13-7-3-5-12-6-4-8-14(18(12)13)20(19)25/h1-10H,11H2,(H,21,24)/b22-19-. The van der Waals surface area contributed by atoms with Crippen molar-refractivity contribution in [1.29, 1.82) is 0 Å². The summed E-state index contributed by atoms with van der Waals surface area (Å²) in [5.41, 5.74) is 3.38. The Morgan fingerprint density at radius 1 is 1.04 bits per heavy atom. The molecule has 1 N–H and O–H groups in total. The van der Waals surface area contributed by atoms with Crippen LogP contribution in [0.3, 0.4) is 0 Å². The van der Waals surface area contributed by atoms with Crippen LogP contribution in [0.2, 0.25) is 0 Å². The number of nitro benzene ring substituents is 1. The molecule has 0 saturated carbocycles. The Labute approximate surface area is 158 Å². The van der Waals surface area contributed by atoms with E-state index < -0.39 is 17.4 Å². The van der Waals surface area contributed by atoms with Crippen molar-refractivity contribution in [2.24, 2.45) is 5.10 Å². The minimum absolute atomic E-state index is 0.0237. The van der Waals surface area contributed by atoms with Gasteiger partial charge in [-0.15, -0.1) is 0 Å². The first-order chi connectivity index (χ1) is 13.6. The van der Waals surface area contributed by atoms with E-state index in [0.717, 1.165) is 10.8 Å². The zero-order valence-electron chi connectivity index (χ0n) is 14.4. The largest absolute Gasteiger partial charge is 0.477 e. The molecular formula is C20H13N3O5. The van der Waals surface area contributed by atoms with Crippen LogP contribution >= 0.6 is 0 Å². The highest BCUT2D eigenvalue weighted by atomic mass is 16.6. The SMILES string of the molecule is O=C(COc1ccccc1[N+](=O)[O-])N/N=C1\C(=O)c2cccc3cccc1c23. The van der Waals surface area contributed by atoms with Crippen LogP contribution in [0.5, 0.6) is 5.75 Å². The first-order valence-electron chi connectivity index (χ1n) is 8.36. The summed E-state index contributed by atoms with van der Waals surface area (Å²) in [5.74, 6) is -0.933. The van der Waals surface area contributed by atoms with Gasteiger partial charge in [0, 0.05) is 22.6 Å². The number of ether oxygens (including phenoxy) is 1. The highest BCUT2D eigenvalue weighted by molar-refractivity contribution is 6.59. The fourth-order valence-electron chi connectivity index (χ4n) is 3.11.